The number of hydrogen-bond donors (Lipinski definition) is 1. The van der Waals surface area contributed by atoms with Crippen LogP contribution in [0, 0.1) is 18.3 Å². The molecule has 1 N–H and O–H groups in total. The van der Waals surface area contributed by atoms with Gasteiger partial charge in [0, 0.05) is 70.3 Å². The van der Waals surface area contributed by atoms with Crippen LogP contribution in [0.15, 0.2) is 53.4 Å². The third kappa shape index (κ3) is 6.22. The molecule has 236 valence electrons. The van der Waals surface area contributed by atoms with Crippen LogP contribution >= 0.6 is 0 Å². The summed E-state index contributed by atoms with van der Waals surface area (Å²) in [5, 5.41) is 12.3. The van der Waals surface area contributed by atoms with Gasteiger partial charge in [-0.15, -0.1) is 0 Å². The van der Waals surface area contributed by atoms with Gasteiger partial charge < -0.3 is 19.3 Å². The van der Waals surface area contributed by atoms with E-state index in [1.807, 2.05) is 11.0 Å². The van der Waals surface area contributed by atoms with Crippen LogP contribution in [0.5, 0.6) is 5.75 Å². The zero-order valence-electron chi connectivity index (χ0n) is 24.6. The lowest BCUT2D eigenvalue weighted by Gasteiger charge is -2.34. The molecule has 4 heterocycles. The van der Waals surface area contributed by atoms with Gasteiger partial charge in [-0.25, -0.2) is 18.4 Å². The Bertz CT molecular complexity index is 1880. The second-order valence-corrected chi connectivity index (χ2v) is 14.4. The summed E-state index contributed by atoms with van der Waals surface area (Å²) in [4.78, 5) is 25.9. The van der Waals surface area contributed by atoms with E-state index < -0.39 is 26.2 Å². The fourth-order valence-corrected chi connectivity index (χ4v) is 8.25. The van der Waals surface area contributed by atoms with Gasteiger partial charge >= 0.3 is 10.3 Å². The van der Waals surface area contributed by atoms with E-state index in [9.17, 15) is 26.9 Å². The number of sulfonamides is 1. The third-order valence-corrected chi connectivity index (χ3v) is 11.3. The fraction of sp³-hybridized carbons (Fsp3) is 0.379. The van der Waals surface area contributed by atoms with Crippen molar-refractivity contribution in [2.75, 3.05) is 68.7 Å². The molecular weight excluding hydrogens is 621 g/mol. The number of amides is 1. The highest BCUT2D eigenvalue weighted by Gasteiger charge is 2.34. The summed E-state index contributed by atoms with van der Waals surface area (Å²) in [5.74, 6) is -0.100. The number of anilines is 2. The SMILES string of the molecule is Cc1cc(C#N)nc(N2CCN(S(=O)(=O)c3ccc4c(c3)CCN4C(=O)c3ccccc3OS(=O)(=O)N3CCNCC3)CC2)n1. The number of nitriles is 1. The summed E-state index contributed by atoms with van der Waals surface area (Å²) in [6.07, 6.45) is 0.437. The zero-order valence-corrected chi connectivity index (χ0v) is 26.2. The number of carbonyl (C=O) groups is 1. The molecule has 0 unspecified atom stereocenters. The lowest BCUT2D eigenvalue weighted by molar-refractivity contribution is 0.0987. The first-order chi connectivity index (χ1) is 21.6. The van der Waals surface area contributed by atoms with Gasteiger partial charge in [0.05, 0.1) is 10.5 Å². The smallest absolute Gasteiger partial charge is 0.370 e. The molecule has 0 bridgehead atoms. The van der Waals surface area contributed by atoms with E-state index in [2.05, 4.69) is 15.3 Å². The molecule has 3 aliphatic rings. The van der Waals surface area contributed by atoms with Crippen molar-refractivity contribution in [2.24, 2.45) is 0 Å². The lowest BCUT2D eigenvalue weighted by Crippen LogP contribution is -2.49. The number of rotatable bonds is 7. The van der Waals surface area contributed by atoms with Crippen molar-refractivity contribution in [3.63, 3.8) is 0 Å². The normalized spacial score (nSPS) is 18.0. The van der Waals surface area contributed by atoms with Crippen LogP contribution in [0.1, 0.15) is 27.3 Å². The Kier molecular flexibility index (Phi) is 8.46. The number of fused-ring (bicyclic) bond motifs is 1. The molecule has 45 heavy (non-hydrogen) atoms. The Morgan fingerprint density at radius 3 is 2.38 bits per heavy atom. The van der Waals surface area contributed by atoms with Crippen molar-refractivity contribution in [3.8, 4) is 11.8 Å². The maximum atomic E-state index is 13.7. The minimum Gasteiger partial charge on any atom is -0.370 e. The topological polar surface area (TPSA) is 169 Å². The molecular formula is C29H32N8O6S2. The molecule has 0 radical (unpaired) electrons. The molecule has 1 amide bonds. The van der Waals surface area contributed by atoms with Gasteiger partial charge in [-0.3, -0.25) is 4.79 Å². The predicted octanol–water partition coefficient (Wildman–Crippen LogP) is 0.899. The quantitative estimate of drug-likeness (QED) is 0.385. The standard InChI is InChI=1S/C29H32N8O6S2/c1-21-18-23(20-30)33-29(32-21)34-14-16-35(17-15-34)44(39,40)24-6-7-26-22(19-24)8-11-37(26)28(38)25-4-2-3-5-27(25)43-45(41,42)36-12-9-31-10-13-36/h2-7,18-19,31H,8-17H2,1H3. The molecule has 0 spiro atoms. The predicted molar refractivity (Wildman–Crippen MR) is 165 cm³/mol. The Hall–Kier alpha value is -4.14. The summed E-state index contributed by atoms with van der Waals surface area (Å²) in [6, 6.07) is 14.5. The Balaban J connectivity index is 1.16. The van der Waals surface area contributed by atoms with E-state index in [-0.39, 0.29) is 48.1 Å². The molecule has 3 aromatic rings. The van der Waals surface area contributed by atoms with Crippen molar-refractivity contribution in [3.05, 3.63) is 71.0 Å². The number of carbonyl (C=O) groups excluding carboxylic acids is 1. The van der Waals surface area contributed by atoms with E-state index in [1.165, 1.54) is 31.7 Å². The van der Waals surface area contributed by atoms with Crippen LogP contribution in [-0.2, 0) is 26.7 Å². The Morgan fingerprint density at radius 1 is 0.911 bits per heavy atom. The van der Waals surface area contributed by atoms with Gasteiger partial charge in [-0.05, 0) is 55.3 Å². The minimum absolute atomic E-state index is 0.0623. The van der Waals surface area contributed by atoms with E-state index in [1.54, 1.807) is 37.3 Å². The first-order valence-electron chi connectivity index (χ1n) is 14.5. The highest BCUT2D eigenvalue weighted by atomic mass is 32.2. The van der Waals surface area contributed by atoms with Crippen LogP contribution in [0.3, 0.4) is 0 Å². The van der Waals surface area contributed by atoms with Crippen LogP contribution in [-0.4, -0.2) is 100 Å². The Morgan fingerprint density at radius 2 is 1.64 bits per heavy atom. The molecule has 14 nitrogen and oxygen atoms in total. The molecule has 1 aromatic heterocycles. The zero-order chi connectivity index (χ0) is 31.8. The molecule has 2 fully saturated rings. The highest BCUT2D eigenvalue weighted by Crippen LogP contribution is 2.34. The summed E-state index contributed by atoms with van der Waals surface area (Å²) < 4.78 is 61.1. The number of para-hydroxylation sites is 1. The van der Waals surface area contributed by atoms with E-state index in [0.717, 1.165) is 0 Å². The summed E-state index contributed by atoms with van der Waals surface area (Å²) in [5.41, 5.74) is 2.28. The van der Waals surface area contributed by atoms with Crippen LogP contribution in [0.2, 0.25) is 0 Å². The van der Waals surface area contributed by atoms with E-state index in [4.69, 9.17) is 4.18 Å². The molecule has 16 heteroatoms. The van der Waals surface area contributed by atoms with Gasteiger partial charge in [-0.2, -0.15) is 22.3 Å². The number of nitrogens with zero attached hydrogens (tertiary/aromatic N) is 7. The lowest BCUT2D eigenvalue weighted by atomic mass is 10.1. The van der Waals surface area contributed by atoms with Gasteiger partial charge in [0.25, 0.3) is 5.91 Å². The van der Waals surface area contributed by atoms with E-state index in [0.29, 0.717) is 62.0 Å². The number of aromatic nitrogens is 2. The maximum Gasteiger partial charge on any atom is 0.385 e. The second kappa shape index (κ2) is 12.3. The first kappa shape index (κ1) is 30.9. The van der Waals surface area contributed by atoms with Crippen molar-refractivity contribution in [1.29, 1.82) is 5.26 Å². The van der Waals surface area contributed by atoms with Crippen LogP contribution in [0.4, 0.5) is 11.6 Å². The molecule has 3 aliphatic heterocycles. The molecule has 0 atom stereocenters. The number of nitrogens with one attached hydrogen (secondary N) is 1. The summed E-state index contributed by atoms with van der Waals surface area (Å²) >= 11 is 0. The van der Waals surface area contributed by atoms with Crippen LogP contribution < -0.4 is 19.3 Å². The second-order valence-electron chi connectivity index (χ2n) is 10.9. The number of benzene rings is 2. The third-order valence-electron chi connectivity index (χ3n) is 8.01. The van der Waals surface area contributed by atoms with Gasteiger partial charge in [-0.1, -0.05) is 12.1 Å². The van der Waals surface area contributed by atoms with Gasteiger partial charge in [0.2, 0.25) is 16.0 Å². The molecule has 6 rings (SSSR count). The largest absolute Gasteiger partial charge is 0.385 e. The van der Waals surface area contributed by atoms with E-state index >= 15 is 0 Å². The van der Waals surface area contributed by atoms with Crippen molar-refractivity contribution in [2.45, 2.75) is 18.2 Å². The Labute approximate surface area is 262 Å². The number of hydrogen-bond acceptors (Lipinski definition) is 11. The maximum absolute atomic E-state index is 13.7. The molecule has 0 aliphatic carbocycles. The number of aryl methyl sites for hydroxylation is 1. The molecule has 2 aromatic carbocycles. The average molecular weight is 653 g/mol. The van der Waals surface area contributed by atoms with Crippen molar-refractivity contribution >= 4 is 37.9 Å². The summed E-state index contributed by atoms with van der Waals surface area (Å²) in [6.45, 7) is 4.80. The molecule has 2 saturated heterocycles. The van der Waals surface area contributed by atoms with Crippen LogP contribution in [0.25, 0.3) is 0 Å². The monoisotopic (exact) mass is 652 g/mol. The minimum atomic E-state index is -4.11. The number of piperazine rings is 2. The van der Waals surface area contributed by atoms with Crippen molar-refractivity contribution in [1.82, 2.24) is 23.9 Å². The highest BCUT2D eigenvalue weighted by molar-refractivity contribution is 7.89. The fourth-order valence-electron chi connectivity index (χ4n) is 5.67. The van der Waals surface area contributed by atoms with Crippen molar-refractivity contribution < 1.29 is 25.8 Å². The summed E-state index contributed by atoms with van der Waals surface area (Å²) in [7, 11) is -7.93. The van der Waals surface area contributed by atoms with Gasteiger partial charge in [0.15, 0.2) is 5.75 Å². The first-order valence-corrected chi connectivity index (χ1v) is 17.3. The molecule has 0 saturated carbocycles. The average Bonchev–Trinajstić information content (AvgIpc) is 3.48. The van der Waals surface area contributed by atoms with Gasteiger partial charge in [0.1, 0.15) is 11.8 Å².